The van der Waals surface area contributed by atoms with Gasteiger partial charge >= 0.3 is 5.97 Å². The maximum absolute atomic E-state index is 14.7. The van der Waals surface area contributed by atoms with Gasteiger partial charge in [-0.1, -0.05) is 13.8 Å². The molecule has 0 aliphatic rings. The Kier molecular flexibility index (Phi) is 7.97. The van der Waals surface area contributed by atoms with Crippen LogP contribution in [-0.4, -0.2) is 38.4 Å². The molecule has 0 spiro atoms. The van der Waals surface area contributed by atoms with E-state index in [1.807, 2.05) is 39.8 Å². The molecule has 34 heavy (non-hydrogen) atoms. The van der Waals surface area contributed by atoms with E-state index in [-0.39, 0.29) is 30.2 Å². The zero-order valence-electron chi connectivity index (χ0n) is 20.8. The van der Waals surface area contributed by atoms with Gasteiger partial charge in [0, 0.05) is 18.0 Å². The largest absolute Gasteiger partial charge is 0.493 e. The average molecular weight is 470 g/mol. The lowest BCUT2D eigenvalue weighted by Crippen LogP contribution is -2.20. The third-order valence-corrected chi connectivity index (χ3v) is 5.71. The second-order valence-electron chi connectivity index (χ2n) is 8.75. The van der Waals surface area contributed by atoms with Crippen LogP contribution in [0.5, 0.6) is 17.2 Å². The Morgan fingerprint density at radius 1 is 0.971 bits per heavy atom. The van der Waals surface area contributed by atoms with E-state index < -0.39 is 5.92 Å². The summed E-state index contributed by atoms with van der Waals surface area (Å²) < 4.78 is 36.6. The predicted octanol–water partition coefficient (Wildman–Crippen LogP) is 5.68. The molecule has 1 unspecified atom stereocenters. The van der Waals surface area contributed by atoms with Crippen molar-refractivity contribution in [1.29, 1.82) is 0 Å². The third kappa shape index (κ3) is 5.24. The second-order valence-corrected chi connectivity index (χ2v) is 8.75. The number of aromatic nitrogens is 1. The number of rotatable bonds is 9. The molecule has 182 valence electrons. The van der Waals surface area contributed by atoms with Gasteiger partial charge in [-0.05, 0) is 66.6 Å². The van der Waals surface area contributed by atoms with E-state index >= 15 is 0 Å². The molecule has 0 aliphatic carbocycles. The topological polar surface area (TPSA) is 66.9 Å². The molecular formula is C27H32FNO5. The van der Waals surface area contributed by atoms with E-state index in [1.165, 1.54) is 13.2 Å². The molecule has 7 heteroatoms. The zero-order chi connectivity index (χ0) is 25.0. The number of fused-ring (bicyclic) bond motifs is 1. The Labute approximate surface area is 200 Å². The van der Waals surface area contributed by atoms with E-state index in [1.54, 1.807) is 32.5 Å². The van der Waals surface area contributed by atoms with Crippen molar-refractivity contribution in [2.24, 2.45) is 5.92 Å². The molecule has 0 aliphatic heterocycles. The third-order valence-electron chi connectivity index (χ3n) is 5.71. The SMILES string of the molecule is COC(=O)C(c1cnc(Cc2cc(OC(C)C)ccc2F)c2cc(OC)c(OC)cc12)C(C)C. The summed E-state index contributed by atoms with van der Waals surface area (Å²) in [6, 6.07) is 8.37. The minimum Gasteiger partial charge on any atom is -0.493 e. The number of carbonyl (C=O) groups is 1. The van der Waals surface area contributed by atoms with E-state index in [0.29, 0.717) is 28.5 Å². The summed E-state index contributed by atoms with van der Waals surface area (Å²) in [5, 5.41) is 1.53. The van der Waals surface area contributed by atoms with Crippen LogP contribution in [0, 0.1) is 11.7 Å². The Hall–Kier alpha value is -3.35. The van der Waals surface area contributed by atoms with Crippen molar-refractivity contribution in [3.63, 3.8) is 0 Å². The van der Waals surface area contributed by atoms with E-state index in [0.717, 1.165) is 16.3 Å². The lowest BCUT2D eigenvalue weighted by Gasteiger charge is -2.22. The van der Waals surface area contributed by atoms with Gasteiger partial charge in [0.25, 0.3) is 0 Å². The van der Waals surface area contributed by atoms with Gasteiger partial charge in [-0.3, -0.25) is 9.78 Å². The van der Waals surface area contributed by atoms with Crippen LogP contribution in [0.4, 0.5) is 4.39 Å². The summed E-state index contributed by atoms with van der Waals surface area (Å²) in [5.41, 5.74) is 1.83. The van der Waals surface area contributed by atoms with Crippen molar-refractivity contribution in [2.45, 2.75) is 46.1 Å². The smallest absolute Gasteiger partial charge is 0.313 e. The maximum Gasteiger partial charge on any atom is 0.313 e. The summed E-state index contributed by atoms with van der Waals surface area (Å²) in [7, 11) is 4.49. The molecule has 1 atom stereocenters. The maximum atomic E-state index is 14.7. The Morgan fingerprint density at radius 2 is 1.62 bits per heavy atom. The average Bonchev–Trinajstić information content (AvgIpc) is 2.80. The van der Waals surface area contributed by atoms with Crippen LogP contribution in [0.1, 0.15) is 50.4 Å². The van der Waals surface area contributed by atoms with Gasteiger partial charge in [-0.25, -0.2) is 4.39 Å². The fourth-order valence-corrected chi connectivity index (χ4v) is 4.13. The highest BCUT2D eigenvalue weighted by atomic mass is 19.1. The Bertz CT molecular complexity index is 1180. The molecule has 0 amide bonds. The number of hydrogen-bond acceptors (Lipinski definition) is 6. The number of hydrogen-bond donors (Lipinski definition) is 0. The molecule has 3 aromatic rings. The van der Waals surface area contributed by atoms with Gasteiger partial charge in [-0.15, -0.1) is 0 Å². The first kappa shape index (κ1) is 25.3. The number of esters is 1. The van der Waals surface area contributed by atoms with Crippen LogP contribution in [0.15, 0.2) is 36.5 Å². The number of benzene rings is 2. The summed E-state index contributed by atoms with van der Waals surface area (Å²) >= 11 is 0. The minimum absolute atomic E-state index is 0.0282. The van der Waals surface area contributed by atoms with Crippen molar-refractivity contribution in [1.82, 2.24) is 4.98 Å². The van der Waals surface area contributed by atoms with Gasteiger partial charge in [0.1, 0.15) is 11.6 Å². The summed E-state index contributed by atoms with van der Waals surface area (Å²) in [4.78, 5) is 17.3. The number of halogens is 1. The predicted molar refractivity (Wildman–Crippen MR) is 129 cm³/mol. The van der Waals surface area contributed by atoms with Crippen LogP contribution in [0.25, 0.3) is 10.8 Å². The van der Waals surface area contributed by atoms with Crippen LogP contribution >= 0.6 is 0 Å². The van der Waals surface area contributed by atoms with Crippen LogP contribution in [0.3, 0.4) is 0 Å². The molecule has 0 saturated heterocycles. The summed E-state index contributed by atoms with van der Waals surface area (Å²) in [5.74, 6) is 0.406. The van der Waals surface area contributed by atoms with Crippen molar-refractivity contribution < 1.29 is 28.1 Å². The van der Waals surface area contributed by atoms with Gasteiger partial charge in [0.2, 0.25) is 0 Å². The molecule has 0 N–H and O–H groups in total. The molecule has 1 heterocycles. The first-order chi connectivity index (χ1) is 16.2. The lowest BCUT2D eigenvalue weighted by atomic mass is 9.85. The van der Waals surface area contributed by atoms with Gasteiger partial charge < -0.3 is 18.9 Å². The van der Waals surface area contributed by atoms with E-state index in [9.17, 15) is 9.18 Å². The number of nitrogens with zero attached hydrogens (tertiary/aromatic N) is 1. The molecule has 2 aromatic carbocycles. The fraction of sp³-hybridized carbons (Fsp3) is 0.407. The van der Waals surface area contributed by atoms with Crippen LogP contribution in [0.2, 0.25) is 0 Å². The summed E-state index contributed by atoms with van der Waals surface area (Å²) in [6.45, 7) is 7.75. The van der Waals surface area contributed by atoms with Gasteiger partial charge in [-0.2, -0.15) is 0 Å². The standard InChI is InChI=1S/C27H32FNO5/c1-15(2)26(27(30)33-7)21-14-29-23(20-13-25(32-6)24(31-5)12-19(20)21)11-17-10-18(34-16(3)4)8-9-22(17)28/h8-10,12-16,26H,11H2,1-7H3. The van der Waals surface area contributed by atoms with Gasteiger partial charge in [0.05, 0.1) is 39.0 Å². The first-order valence-corrected chi connectivity index (χ1v) is 11.3. The zero-order valence-corrected chi connectivity index (χ0v) is 20.8. The van der Waals surface area contributed by atoms with Crippen molar-refractivity contribution >= 4 is 16.7 Å². The van der Waals surface area contributed by atoms with Crippen molar-refractivity contribution in [3.05, 3.63) is 59.2 Å². The molecule has 0 fully saturated rings. The lowest BCUT2D eigenvalue weighted by molar-refractivity contribution is -0.143. The molecule has 1 aromatic heterocycles. The Balaban J connectivity index is 2.22. The molecule has 0 radical (unpaired) electrons. The molecule has 3 rings (SSSR count). The number of ether oxygens (including phenoxy) is 4. The number of methoxy groups -OCH3 is 3. The van der Waals surface area contributed by atoms with Gasteiger partial charge in [0.15, 0.2) is 11.5 Å². The van der Waals surface area contributed by atoms with Crippen LogP contribution < -0.4 is 14.2 Å². The minimum atomic E-state index is -0.522. The van der Waals surface area contributed by atoms with Crippen LogP contribution in [-0.2, 0) is 16.0 Å². The molecule has 6 nitrogen and oxygen atoms in total. The van der Waals surface area contributed by atoms with E-state index in [4.69, 9.17) is 18.9 Å². The molecular weight excluding hydrogens is 437 g/mol. The van der Waals surface area contributed by atoms with Crippen molar-refractivity contribution in [2.75, 3.05) is 21.3 Å². The highest BCUT2D eigenvalue weighted by Crippen LogP contribution is 2.39. The second kappa shape index (κ2) is 10.7. The quantitative estimate of drug-likeness (QED) is 0.376. The monoisotopic (exact) mass is 469 g/mol. The fourth-order valence-electron chi connectivity index (χ4n) is 4.13. The highest BCUT2D eigenvalue weighted by Gasteiger charge is 2.28. The molecule has 0 bridgehead atoms. The van der Waals surface area contributed by atoms with E-state index in [2.05, 4.69) is 4.98 Å². The Morgan fingerprint density at radius 3 is 2.18 bits per heavy atom. The first-order valence-electron chi connectivity index (χ1n) is 11.3. The summed E-state index contributed by atoms with van der Waals surface area (Å²) in [6.07, 6.45) is 1.88. The van der Waals surface area contributed by atoms with Crippen molar-refractivity contribution in [3.8, 4) is 17.2 Å². The molecule has 0 saturated carbocycles. The highest BCUT2D eigenvalue weighted by molar-refractivity contribution is 5.94. The number of carbonyl (C=O) groups excluding carboxylic acids is 1. The normalized spacial score (nSPS) is 12.2. The number of pyridine rings is 1.